The third-order valence-corrected chi connectivity index (χ3v) is 5.41. The zero-order valence-electron chi connectivity index (χ0n) is 14.8. The number of phenolic OH excluding ortho intramolecular Hbond substituents is 1. The zero-order valence-corrected chi connectivity index (χ0v) is 14.8. The standard InChI is InChI=1S/C19H28N2O4/c1-25-18-12-15(5-6-17(18)23)19(24)21-9-7-20(8-10-21)13-14-3-2-4-16(22)11-14/h2-4,11,15,17-18,22-23H,5-10,12-13H2,1H3/t15-,17+,18-/m1/s1. The lowest BCUT2D eigenvalue weighted by Crippen LogP contribution is -2.51. The van der Waals surface area contributed by atoms with Crippen LogP contribution in [0, 0.1) is 5.92 Å². The van der Waals surface area contributed by atoms with Gasteiger partial charge in [-0.15, -0.1) is 0 Å². The number of ether oxygens (including phenoxy) is 1. The van der Waals surface area contributed by atoms with Gasteiger partial charge in [0.05, 0.1) is 12.2 Å². The molecule has 25 heavy (non-hydrogen) atoms. The highest BCUT2D eigenvalue weighted by atomic mass is 16.5. The number of aliphatic hydroxyl groups excluding tert-OH is 1. The smallest absolute Gasteiger partial charge is 0.225 e. The Hall–Kier alpha value is -1.63. The topological polar surface area (TPSA) is 73.2 Å². The molecule has 2 N–H and O–H groups in total. The Balaban J connectivity index is 1.49. The molecule has 1 saturated carbocycles. The zero-order chi connectivity index (χ0) is 17.8. The first kappa shape index (κ1) is 18.2. The molecule has 0 unspecified atom stereocenters. The number of rotatable bonds is 4. The van der Waals surface area contributed by atoms with Crippen LogP contribution in [0.1, 0.15) is 24.8 Å². The van der Waals surface area contributed by atoms with Crippen LogP contribution in [-0.2, 0) is 16.1 Å². The van der Waals surface area contributed by atoms with Crippen molar-refractivity contribution in [1.29, 1.82) is 0 Å². The van der Waals surface area contributed by atoms with Gasteiger partial charge in [0, 0.05) is 45.8 Å². The van der Waals surface area contributed by atoms with Gasteiger partial charge in [0.1, 0.15) is 5.75 Å². The van der Waals surface area contributed by atoms with Crippen molar-refractivity contribution in [2.24, 2.45) is 5.92 Å². The van der Waals surface area contributed by atoms with Crippen LogP contribution >= 0.6 is 0 Å². The molecule has 1 saturated heterocycles. The Kier molecular flexibility index (Phi) is 5.93. The Morgan fingerprint density at radius 2 is 2.00 bits per heavy atom. The molecule has 0 bridgehead atoms. The van der Waals surface area contributed by atoms with E-state index in [1.165, 1.54) is 0 Å². The number of aliphatic hydroxyl groups is 1. The first-order chi connectivity index (χ1) is 12.1. The van der Waals surface area contributed by atoms with Crippen molar-refractivity contribution in [3.05, 3.63) is 29.8 Å². The molecular formula is C19H28N2O4. The fourth-order valence-electron chi connectivity index (χ4n) is 3.89. The molecule has 2 aliphatic rings. The minimum atomic E-state index is -0.451. The molecule has 1 aliphatic carbocycles. The molecule has 138 valence electrons. The molecule has 6 heteroatoms. The summed E-state index contributed by atoms with van der Waals surface area (Å²) in [5, 5.41) is 19.5. The predicted octanol–water partition coefficient (Wildman–Crippen LogP) is 1.21. The maximum absolute atomic E-state index is 12.8. The molecule has 0 aromatic heterocycles. The van der Waals surface area contributed by atoms with Crippen LogP contribution in [0.15, 0.2) is 24.3 Å². The lowest BCUT2D eigenvalue weighted by molar-refractivity contribution is -0.142. The Bertz CT molecular complexity index is 587. The number of benzene rings is 1. The van der Waals surface area contributed by atoms with Crippen molar-refractivity contribution in [2.75, 3.05) is 33.3 Å². The average molecular weight is 348 g/mol. The Labute approximate surface area is 149 Å². The van der Waals surface area contributed by atoms with Crippen LogP contribution in [0.3, 0.4) is 0 Å². The summed E-state index contributed by atoms with van der Waals surface area (Å²) in [7, 11) is 1.60. The van der Waals surface area contributed by atoms with Crippen molar-refractivity contribution >= 4 is 5.91 Å². The molecule has 1 aromatic rings. The molecular weight excluding hydrogens is 320 g/mol. The van der Waals surface area contributed by atoms with E-state index in [-0.39, 0.29) is 17.9 Å². The van der Waals surface area contributed by atoms with Gasteiger partial charge in [-0.3, -0.25) is 9.69 Å². The number of carbonyl (C=O) groups excluding carboxylic acids is 1. The van der Waals surface area contributed by atoms with Gasteiger partial charge < -0.3 is 19.8 Å². The quantitative estimate of drug-likeness (QED) is 0.856. The fourth-order valence-corrected chi connectivity index (χ4v) is 3.89. The number of methoxy groups -OCH3 is 1. The minimum Gasteiger partial charge on any atom is -0.508 e. The van der Waals surface area contributed by atoms with Gasteiger partial charge in [0.15, 0.2) is 0 Å². The van der Waals surface area contributed by atoms with E-state index in [0.717, 1.165) is 44.7 Å². The van der Waals surface area contributed by atoms with Gasteiger partial charge in [-0.25, -0.2) is 0 Å². The Morgan fingerprint density at radius 3 is 2.68 bits per heavy atom. The van der Waals surface area contributed by atoms with Gasteiger partial charge in [-0.05, 0) is 37.0 Å². The van der Waals surface area contributed by atoms with E-state index in [9.17, 15) is 15.0 Å². The normalized spacial score (nSPS) is 28.1. The van der Waals surface area contributed by atoms with Gasteiger partial charge in [0.2, 0.25) is 5.91 Å². The van der Waals surface area contributed by atoms with E-state index < -0.39 is 6.10 Å². The average Bonchev–Trinajstić information content (AvgIpc) is 2.62. The van der Waals surface area contributed by atoms with Gasteiger partial charge in [0.25, 0.3) is 0 Å². The van der Waals surface area contributed by atoms with Crippen molar-refractivity contribution in [1.82, 2.24) is 9.80 Å². The van der Waals surface area contributed by atoms with Crippen LogP contribution in [0.2, 0.25) is 0 Å². The van der Waals surface area contributed by atoms with E-state index in [0.29, 0.717) is 18.6 Å². The second-order valence-electron chi connectivity index (χ2n) is 7.12. The molecule has 1 aliphatic heterocycles. The summed E-state index contributed by atoms with van der Waals surface area (Å²) in [5.74, 6) is 0.454. The van der Waals surface area contributed by atoms with E-state index >= 15 is 0 Å². The molecule has 1 aromatic carbocycles. The summed E-state index contributed by atoms with van der Waals surface area (Å²) in [6, 6.07) is 7.33. The maximum Gasteiger partial charge on any atom is 0.225 e. The SMILES string of the molecule is CO[C@@H]1C[C@H](C(=O)N2CCN(Cc3cccc(O)c3)CC2)CC[C@@H]1O. The summed E-state index contributed by atoms with van der Waals surface area (Å²) >= 11 is 0. The molecule has 2 fully saturated rings. The molecule has 0 radical (unpaired) electrons. The number of nitrogens with zero attached hydrogens (tertiary/aromatic N) is 2. The van der Waals surface area contributed by atoms with E-state index in [1.54, 1.807) is 19.2 Å². The number of hydrogen-bond donors (Lipinski definition) is 2. The van der Waals surface area contributed by atoms with Crippen LogP contribution in [0.4, 0.5) is 0 Å². The van der Waals surface area contributed by atoms with Gasteiger partial charge >= 0.3 is 0 Å². The molecule has 1 amide bonds. The Morgan fingerprint density at radius 1 is 1.24 bits per heavy atom. The van der Waals surface area contributed by atoms with Crippen molar-refractivity contribution < 1.29 is 19.7 Å². The molecule has 6 nitrogen and oxygen atoms in total. The highest BCUT2D eigenvalue weighted by Gasteiger charge is 2.35. The lowest BCUT2D eigenvalue weighted by Gasteiger charge is -2.39. The van der Waals surface area contributed by atoms with Crippen molar-refractivity contribution in [3.8, 4) is 5.75 Å². The van der Waals surface area contributed by atoms with Crippen LogP contribution in [-0.4, -0.2) is 71.4 Å². The summed E-state index contributed by atoms with van der Waals surface area (Å²) in [5.41, 5.74) is 1.09. The van der Waals surface area contributed by atoms with E-state index in [4.69, 9.17) is 4.74 Å². The predicted molar refractivity (Wildman–Crippen MR) is 94.1 cm³/mol. The van der Waals surface area contributed by atoms with Crippen LogP contribution in [0.25, 0.3) is 0 Å². The van der Waals surface area contributed by atoms with Gasteiger partial charge in [-0.2, -0.15) is 0 Å². The van der Waals surface area contributed by atoms with Crippen molar-refractivity contribution in [2.45, 2.75) is 38.0 Å². The molecule has 3 atom stereocenters. The number of carbonyl (C=O) groups is 1. The largest absolute Gasteiger partial charge is 0.508 e. The van der Waals surface area contributed by atoms with Crippen molar-refractivity contribution in [3.63, 3.8) is 0 Å². The summed E-state index contributed by atoms with van der Waals surface area (Å²) in [4.78, 5) is 17.0. The first-order valence-corrected chi connectivity index (χ1v) is 9.06. The fraction of sp³-hybridized carbons (Fsp3) is 0.632. The third kappa shape index (κ3) is 4.51. The second kappa shape index (κ2) is 8.17. The number of piperazine rings is 1. The summed E-state index contributed by atoms with van der Waals surface area (Å²) in [6.07, 6.45) is 1.30. The number of aromatic hydroxyl groups is 1. The first-order valence-electron chi connectivity index (χ1n) is 9.06. The monoisotopic (exact) mass is 348 g/mol. The van der Waals surface area contributed by atoms with E-state index in [2.05, 4.69) is 4.90 Å². The summed E-state index contributed by atoms with van der Waals surface area (Å²) < 4.78 is 5.31. The van der Waals surface area contributed by atoms with E-state index in [1.807, 2.05) is 17.0 Å². The lowest BCUT2D eigenvalue weighted by atomic mass is 9.84. The number of amides is 1. The van der Waals surface area contributed by atoms with Crippen LogP contribution in [0.5, 0.6) is 5.75 Å². The molecule has 0 spiro atoms. The van der Waals surface area contributed by atoms with Crippen LogP contribution < -0.4 is 0 Å². The number of phenols is 1. The second-order valence-corrected chi connectivity index (χ2v) is 7.12. The summed E-state index contributed by atoms with van der Waals surface area (Å²) in [6.45, 7) is 3.93. The van der Waals surface area contributed by atoms with Gasteiger partial charge in [-0.1, -0.05) is 12.1 Å². The highest BCUT2D eigenvalue weighted by molar-refractivity contribution is 5.79. The minimum absolute atomic E-state index is 0.0361. The maximum atomic E-state index is 12.8. The third-order valence-electron chi connectivity index (χ3n) is 5.41. The molecule has 1 heterocycles. The highest BCUT2D eigenvalue weighted by Crippen LogP contribution is 2.28. The molecule has 3 rings (SSSR count). The number of hydrogen-bond acceptors (Lipinski definition) is 5.